The van der Waals surface area contributed by atoms with Crippen LogP contribution in [0, 0.1) is 0 Å². The normalized spacial score (nSPS) is 12.3. The van der Waals surface area contributed by atoms with Crippen LogP contribution < -0.4 is 0 Å². The Morgan fingerprint density at radius 1 is 0.500 bits per heavy atom. The number of esters is 4. The number of hydrogen-bond donors (Lipinski definition) is 0. The van der Waals surface area contributed by atoms with Gasteiger partial charge in [-0.15, -0.1) is 0 Å². The minimum Gasteiger partial charge on any atom is -0.386 e. The average molecular weight is 487 g/mol. The Bertz CT molecular complexity index is 1130. The molecule has 0 fully saturated rings. The van der Waals surface area contributed by atoms with Crippen molar-refractivity contribution >= 4 is 23.9 Å². The van der Waals surface area contributed by atoms with E-state index in [1.54, 1.807) is 24.3 Å². The Balaban J connectivity index is 1.58. The number of carbonyl (C=O) groups is 4. The van der Waals surface area contributed by atoms with Gasteiger partial charge < -0.3 is 9.47 Å². The standard InChI is InChI=1S/C30H30O6/c1-5-19(3)21-7-11-23(12-8-21)27(31)35-29(33)25-15-17-26(18-16-25)30(34)36-28(32)24-13-9-22(10-14-24)20(4)6-2/h7-20H,5-6H2,1-4H3. The van der Waals surface area contributed by atoms with Crippen LogP contribution in [0.25, 0.3) is 0 Å². The number of rotatable bonds is 8. The van der Waals surface area contributed by atoms with Gasteiger partial charge in [-0.25, -0.2) is 19.2 Å². The van der Waals surface area contributed by atoms with Crippen LogP contribution in [-0.4, -0.2) is 23.9 Å². The van der Waals surface area contributed by atoms with Crippen molar-refractivity contribution in [1.82, 2.24) is 0 Å². The SMILES string of the molecule is CCC(C)c1ccc(C(=O)OC(=O)c2ccc(C(=O)OC(=O)c3ccc(C(C)CC)cc3)cc2)cc1. The molecule has 0 aliphatic heterocycles. The molecule has 0 bridgehead atoms. The molecule has 36 heavy (non-hydrogen) atoms. The summed E-state index contributed by atoms with van der Waals surface area (Å²) in [7, 11) is 0. The highest BCUT2D eigenvalue weighted by molar-refractivity contribution is 6.04. The zero-order valence-corrected chi connectivity index (χ0v) is 20.9. The molecule has 0 radical (unpaired) electrons. The van der Waals surface area contributed by atoms with Crippen molar-refractivity contribution < 1.29 is 28.7 Å². The van der Waals surface area contributed by atoms with Crippen molar-refractivity contribution in [2.45, 2.75) is 52.4 Å². The summed E-state index contributed by atoms with van der Waals surface area (Å²) in [4.78, 5) is 49.4. The quantitative estimate of drug-likeness (QED) is 0.260. The van der Waals surface area contributed by atoms with Gasteiger partial charge in [-0.3, -0.25) is 0 Å². The van der Waals surface area contributed by atoms with Gasteiger partial charge >= 0.3 is 23.9 Å². The molecule has 0 aliphatic rings. The molecule has 0 spiro atoms. The fraction of sp³-hybridized carbons (Fsp3) is 0.267. The maximum atomic E-state index is 12.4. The molecule has 3 aromatic carbocycles. The monoisotopic (exact) mass is 486 g/mol. The van der Waals surface area contributed by atoms with Gasteiger partial charge in [-0.2, -0.15) is 0 Å². The molecule has 0 aromatic heterocycles. The minimum absolute atomic E-state index is 0.0862. The molecule has 0 saturated carbocycles. The van der Waals surface area contributed by atoms with E-state index in [2.05, 4.69) is 27.7 Å². The minimum atomic E-state index is -0.844. The average Bonchev–Trinajstić information content (AvgIpc) is 2.92. The third-order valence-corrected chi connectivity index (χ3v) is 6.38. The number of ether oxygens (including phenoxy) is 2. The molecule has 6 heteroatoms. The largest absolute Gasteiger partial charge is 0.386 e. The molecule has 2 atom stereocenters. The summed E-state index contributed by atoms with van der Waals surface area (Å²) in [6.45, 7) is 8.36. The second-order valence-corrected chi connectivity index (χ2v) is 8.79. The first-order valence-electron chi connectivity index (χ1n) is 12.1. The fourth-order valence-electron chi connectivity index (χ4n) is 3.51. The highest BCUT2D eigenvalue weighted by atomic mass is 16.6. The Kier molecular flexibility index (Phi) is 8.90. The number of benzene rings is 3. The van der Waals surface area contributed by atoms with E-state index in [0.29, 0.717) is 11.8 Å². The van der Waals surface area contributed by atoms with Gasteiger partial charge in [0.25, 0.3) is 0 Å². The van der Waals surface area contributed by atoms with E-state index in [1.807, 2.05) is 24.3 Å². The summed E-state index contributed by atoms with van der Waals surface area (Å²) in [5.74, 6) is -2.47. The van der Waals surface area contributed by atoms with E-state index in [9.17, 15) is 19.2 Å². The summed E-state index contributed by atoms with van der Waals surface area (Å²) >= 11 is 0. The van der Waals surface area contributed by atoms with Crippen molar-refractivity contribution in [2.24, 2.45) is 0 Å². The molecule has 6 nitrogen and oxygen atoms in total. The van der Waals surface area contributed by atoms with Crippen molar-refractivity contribution in [2.75, 3.05) is 0 Å². The van der Waals surface area contributed by atoms with Gasteiger partial charge in [0.1, 0.15) is 0 Å². The molecule has 3 rings (SSSR count). The van der Waals surface area contributed by atoms with Crippen LogP contribution in [0.4, 0.5) is 0 Å². The first kappa shape index (κ1) is 26.5. The summed E-state index contributed by atoms with van der Waals surface area (Å²) in [6, 6.07) is 19.2. The lowest BCUT2D eigenvalue weighted by atomic mass is 9.98. The summed E-state index contributed by atoms with van der Waals surface area (Å²) in [5, 5.41) is 0. The second-order valence-electron chi connectivity index (χ2n) is 8.79. The molecule has 0 N–H and O–H groups in total. The van der Waals surface area contributed by atoms with Crippen molar-refractivity contribution in [1.29, 1.82) is 0 Å². The number of carbonyl (C=O) groups excluding carboxylic acids is 4. The predicted octanol–water partition coefficient (Wildman–Crippen LogP) is 6.71. The first-order chi connectivity index (χ1) is 17.2. The van der Waals surface area contributed by atoms with Crippen LogP contribution in [0.2, 0.25) is 0 Å². The lowest BCUT2D eigenvalue weighted by molar-refractivity contribution is 0.0376. The smallest absolute Gasteiger partial charge is 0.346 e. The molecule has 0 aliphatic carbocycles. The van der Waals surface area contributed by atoms with Crippen LogP contribution >= 0.6 is 0 Å². The maximum Gasteiger partial charge on any atom is 0.346 e. The van der Waals surface area contributed by atoms with Gasteiger partial charge in [-0.05, 0) is 84.3 Å². The maximum absolute atomic E-state index is 12.4. The summed E-state index contributed by atoms with van der Waals surface area (Å²) in [5.41, 5.74) is 2.91. The van der Waals surface area contributed by atoms with Gasteiger partial charge in [0.2, 0.25) is 0 Å². The Morgan fingerprint density at radius 3 is 0.944 bits per heavy atom. The van der Waals surface area contributed by atoms with Crippen LogP contribution in [0.1, 0.15) is 105 Å². The van der Waals surface area contributed by atoms with E-state index < -0.39 is 23.9 Å². The zero-order valence-electron chi connectivity index (χ0n) is 20.9. The molecule has 0 amide bonds. The lowest BCUT2D eigenvalue weighted by Gasteiger charge is -2.10. The lowest BCUT2D eigenvalue weighted by Crippen LogP contribution is -2.14. The third kappa shape index (κ3) is 6.54. The van der Waals surface area contributed by atoms with Crippen LogP contribution in [-0.2, 0) is 9.47 Å². The molecular formula is C30H30O6. The highest BCUT2D eigenvalue weighted by Crippen LogP contribution is 2.20. The van der Waals surface area contributed by atoms with Gasteiger partial charge in [0, 0.05) is 0 Å². The Morgan fingerprint density at radius 2 is 0.722 bits per heavy atom. The topological polar surface area (TPSA) is 86.7 Å². The van der Waals surface area contributed by atoms with Crippen LogP contribution in [0.3, 0.4) is 0 Å². The van der Waals surface area contributed by atoms with E-state index >= 15 is 0 Å². The molecule has 0 heterocycles. The van der Waals surface area contributed by atoms with Crippen LogP contribution in [0.15, 0.2) is 72.8 Å². The Labute approximate surface area is 211 Å². The van der Waals surface area contributed by atoms with Crippen molar-refractivity contribution in [3.8, 4) is 0 Å². The molecule has 3 aromatic rings. The summed E-state index contributed by atoms with van der Waals surface area (Å²) in [6.07, 6.45) is 1.96. The van der Waals surface area contributed by atoms with E-state index in [4.69, 9.17) is 9.47 Å². The molecular weight excluding hydrogens is 456 g/mol. The van der Waals surface area contributed by atoms with Gasteiger partial charge in [0.05, 0.1) is 22.3 Å². The first-order valence-corrected chi connectivity index (χ1v) is 12.1. The third-order valence-electron chi connectivity index (χ3n) is 6.38. The van der Waals surface area contributed by atoms with Gasteiger partial charge in [0.15, 0.2) is 0 Å². The number of hydrogen-bond acceptors (Lipinski definition) is 6. The zero-order chi connectivity index (χ0) is 26.2. The van der Waals surface area contributed by atoms with E-state index in [1.165, 1.54) is 24.3 Å². The summed E-state index contributed by atoms with van der Waals surface area (Å²) < 4.78 is 9.92. The molecule has 0 saturated heterocycles. The van der Waals surface area contributed by atoms with Gasteiger partial charge in [-0.1, -0.05) is 52.0 Å². The predicted molar refractivity (Wildman–Crippen MR) is 136 cm³/mol. The van der Waals surface area contributed by atoms with Crippen LogP contribution in [0.5, 0.6) is 0 Å². The highest BCUT2D eigenvalue weighted by Gasteiger charge is 2.18. The molecule has 186 valence electrons. The fourth-order valence-corrected chi connectivity index (χ4v) is 3.51. The Hall–Kier alpha value is -4.06. The van der Waals surface area contributed by atoms with Crippen molar-refractivity contribution in [3.05, 3.63) is 106 Å². The van der Waals surface area contributed by atoms with Crippen molar-refractivity contribution in [3.63, 3.8) is 0 Å². The molecule has 2 unspecified atom stereocenters. The van der Waals surface area contributed by atoms with E-state index in [0.717, 1.165) is 24.0 Å². The van der Waals surface area contributed by atoms with E-state index in [-0.39, 0.29) is 22.3 Å². The second kappa shape index (κ2) is 12.1.